The SMILES string of the molecule is Cc1nc2cc(NC(C)(C)C#N)ccc2o1. The zero-order valence-electron chi connectivity index (χ0n) is 9.53. The Morgan fingerprint density at radius 1 is 1.44 bits per heavy atom. The number of fused-ring (bicyclic) bond motifs is 1. The van der Waals surface area contributed by atoms with Crippen LogP contribution in [0.15, 0.2) is 22.6 Å². The smallest absolute Gasteiger partial charge is 0.192 e. The number of anilines is 1. The molecule has 0 spiro atoms. The van der Waals surface area contributed by atoms with Gasteiger partial charge in [-0.2, -0.15) is 5.26 Å². The van der Waals surface area contributed by atoms with Crippen LogP contribution in [0.2, 0.25) is 0 Å². The highest BCUT2D eigenvalue weighted by atomic mass is 16.3. The fourth-order valence-electron chi connectivity index (χ4n) is 1.51. The molecule has 1 heterocycles. The number of hydrogen-bond donors (Lipinski definition) is 1. The van der Waals surface area contributed by atoms with Crippen molar-refractivity contribution in [3.63, 3.8) is 0 Å². The maximum atomic E-state index is 8.93. The summed E-state index contributed by atoms with van der Waals surface area (Å²) in [5.41, 5.74) is 1.84. The molecular formula is C12H13N3O. The zero-order valence-corrected chi connectivity index (χ0v) is 9.53. The van der Waals surface area contributed by atoms with Crippen molar-refractivity contribution in [3.05, 3.63) is 24.1 Å². The molecule has 1 aromatic carbocycles. The van der Waals surface area contributed by atoms with E-state index in [0.717, 1.165) is 16.8 Å². The first-order valence-electron chi connectivity index (χ1n) is 5.07. The highest BCUT2D eigenvalue weighted by Gasteiger charge is 2.16. The molecule has 0 radical (unpaired) electrons. The van der Waals surface area contributed by atoms with E-state index in [1.165, 1.54) is 0 Å². The highest BCUT2D eigenvalue weighted by molar-refractivity contribution is 5.77. The summed E-state index contributed by atoms with van der Waals surface area (Å²) >= 11 is 0. The second-order valence-electron chi connectivity index (χ2n) is 4.28. The lowest BCUT2D eigenvalue weighted by molar-refractivity contribution is 0.561. The van der Waals surface area contributed by atoms with Gasteiger partial charge in [-0.3, -0.25) is 0 Å². The summed E-state index contributed by atoms with van der Waals surface area (Å²) in [5, 5.41) is 12.1. The predicted octanol–water partition coefficient (Wildman–Crippen LogP) is 2.85. The molecule has 0 unspecified atom stereocenters. The van der Waals surface area contributed by atoms with E-state index in [2.05, 4.69) is 16.4 Å². The van der Waals surface area contributed by atoms with Crippen LogP contribution in [0, 0.1) is 18.3 Å². The van der Waals surface area contributed by atoms with Crippen LogP contribution in [0.5, 0.6) is 0 Å². The third-order valence-corrected chi connectivity index (χ3v) is 2.23. The van der Waals surface area contributed by atoms with E-state index >= 15 is 0 Å². The second kappa shape index (κ2) is 3.53. The van der Waals surface area contributed by atoms with Gasteiger partial charge in [-0.25, -0.2) is 4.98 Å². The Morgan fingerprint density at radius 3 is 2.88 bits per heavy atom. The first-order chi connectivity index (χ1) is 7.50. The molecule has 2 aromatic rings. The molecule has 0 amide bonds. The van der Waals surface area contributed by atoms with E-state index in [9.17, 15) is 0 Å². The number of benzene rings is 1. The van der Waals surface area contributed by atoms with Crippen LogP contribution in [-0.4, -0.2) is 10.5 Å². The molecule has 0 aliphatic heterocycles. The van der Waals surface area contributed by atoms with Gasteiger partial charge in [0.05, 0.1) is 6.07 Å². The topological polar surface area (TPSA) is 61.9 Å². The van der Waals surface area contributed by atoms with Crippen LogP contribution in [-0.2, 0) is 0 Å². The number of oxazole rings is 1. The van der Waals surface area contributed by atoms with Crippen molar-refractivity contribution in [1.82, 2.24) is 4.98 Å². The van der Waals surface area contributed by atoms with E-state index in [4.69, 9.17) is 9.68 Å². The standard InChI is InChI=1S/C12H13N3O/c1-8-14-10-6-9(4-5-11(10)16-8)15-12(2,3)7-13/h4-6,15H,1-3H3. The monoisotopic (exact) mass is 215 g/mol. The van der Waals surface area contributed by atoms with Crippen molar-refractivity contribution in [2.24, 2.45) is 0 Å². The maximum absolute atomic E-state index is 8.93. The molecule has 4 heteroatoms. The van der Waals surface area contributed by atoms with E-state index < -0.39 is 5.54 Å². The number of rotatable bonds is 2. The first-order valence-corrected chi connectivity index (χ1v) is 5.07. The van der Waals surface area contributed by atoms with E-state index in [0.29, 0.717) is 5.89 Å². The average molecular weight is 215 g/mol. The molecule has 0 bridgehead atoms. The van der Waals surface area contributed by atoms with Gasteiger partial charge in [-0.15, -0.1) is 0 Å². The zero-order chi connectivity index (χ0) is 11.8. The Labute approximate surface area is 93.9 Å². The fraction of sp³-hybridized carbons (Fsp3) is 0.333. The van der Waals surface area contributed by atoms with Crippen LogP contribution in [0.3, 0.4) is 0 Å². The summed E-state index contributed by atoms with van der Waals surface area (Å²) in [4.78, 5) is 4.24. The lowest BCUT2D eigenvalue weighted by atomic mass is 10.1. The summed E-state index contributed by atoms with van der Waals surface area (Å²) in [5.74, 6) is 0.645. The van der Waals surface area contributed by atoms with Crippen molar-refractivity contribution >= 4 is 16.8 Å². The Kier molecular flexibility index (Phi) is 2.31. The Hall–Kier alpha value is -2.02. The third-order valence-electron chi connectivity index (χ3n) is 2.23. The van der Waals surface area contributed by atoms with Gasteiger partial charge in [0, 0.05) is 12.6 Å². The van der Waals surface area contributed by atoms with Gasteiger partial charge in [0.2, 0.25) is 0 Å². The minimum Gasteiger partial charge on any atom is -0.441 e. The first kappa shape index (κ1) is 10.5. The summed E-state index contributed by atoms with van der Waals surface area (Å²) in [6.07, 6.45) is 0. The molecule has 1 N–H and O–H groups in total. The number of nitrogens with zero attached hydrogens (tertiary/aromatic N) is 2. The summed E-state index contributed by atoms with van der Waals surface area (Å²) in [7, 11) is 0. The van der Waals surface area contributed by atoms with Gasteiger partial charge < -0.3 is 9.73 Å². The van der Waals surface area contributed by atoms with Crippen molar-refractivity contribution < 1.29 is 4.42 Å². The molecule has 2 rings (SSSR count). The van der Waals surface area contributed by atoms with Gasteiger partial charge in [0.15, 0.2) is 11.5 Å². The molecule has 16 heavy (non-hydrogen) atoms. The molecule has 1 aromatic heterocycles. The number of hydrogen-bond acceptors (Lipinski definition) is 4. The van der Waals surface area contributed by atoms with Gasteiger partial charge in [0.1, 0.15) is 11.1 Å². The third kappa shape index (κ3) is 1.98. The average Bonchev–Trinajstić information content (AvgIpc) is 2.57. The fourth-order valence-corrected chi connectivity index (χ4v) is 1.51. The van der Waals surface area contributed by atoms with Crippen LogP contribution >= 0.6 is 0 Å². The molecule has 0 saturated heterocycles. The van der Waals surface area contributed by atoms with E-state index in [-0.39, 0.29) is 0 Å². The van der Waals surface area contributed by atoms with Crippen molar-refractivity contribution in [2.75, 3.05) is 5.32 Å². The number of nitrogens with one attached hydrogen (secondary N) is 1. The van der Waals surface area contributed by atoms with Crippen LogP contribution < -0.4 is 5.32 Å². The highest BCUT2D eigenvalue weighted by Crippen LogP contribution is 2.21. The predicted molar refractivity (Wildman–Crippen MR) is 62.1 cm³/mol. The van der Waals surface area contributed by atoms with Crippen LogP contribution in [0.1, 0.15) is 19.7 Å². The number of aromatic nitrogens is 1. The summed E-state index contributed by atoms with van der Waals surface area (Å²) < 4.78 is 5.38. The molecule has 0 aliphatic carbocycles. The lowest BCUT2D eigenvalue weighted by Gasteiger charge is -2.18. The summed E-state index contributed by atoms with van der Waals surface area (Å²) in [6, 6.07) is 7.80. The molecule has 82 valence electrons. The van der Waals surface area contributed by atoms with Crippen molar-refractivity contribution in [3.8, 4) is 6.07 Å². The maximum Gasteiger partial charge on any atom is 0.192 e. The molecule has 4 nitrogen and oxygen atoms in total. The number of aryl methyl sites for hydroxylation is 1. The minimum absolute atomic E-state index is 0.591. The Balaban J connectivity index is 2.37. The Morgan fingerprint density at radius 2 is 2.19 bits per heavy atom. The van der Waals surface area contributed by atoms with E-state index in [1.54, 1.807) is 0 Å². The van der Waals surface area contributed by atoms with E-state index in [1.807, 2.05) is 39.0 Å². The van der Waals surface area contributed by atoms with Gasteiger partial charge in [-0.1, -0.05) is 0 Å². The number of nitriles is 1. The van der Waals surface area contributed by atoms with Gasteiger partial charge >= 0.3 is 0 Å². The molecule has 0 saturated carbocycles. The largest absolute Gasteiger partial charge is 0.441 e. The lowest BCUT2D eigenvalue weighted by Crippen LogP contribution is -2.28. The quantitative estimate of drug-likeness (QED) is 0.836. The molecule has 0 aliphatic rings. The minimum atomic E-state index is -0.591. The summed E-state index contributed by atoms with van der Waals surface area (Å²) in [6.45, 7) is 5.46. The van der Waals surface area contributed by atoms with Crippen LogP contribution in [0.25, 0.3) is 11.1 Å². The molecule has 0 fully saturated rings. The van der Waals surface area contributed by atoms with Crippen molar-refractivity contribution in [2.45, 2.75) is 26.3 Å². The van der Waals surface area contributed by atoms with Crippen LogP contribution in [0.4, 0.5) is 5.69 Å². The second-order valence-corrected chi connectivity index (χ2v) is 4.28. The van der Waals surface area contributed by atoms with Gasteiger partial charge in [-0.05, 0) is 32.0 Å². The molecular weight excluding hydrogens is 202 g/mol. The van der Waals surface area contributed by atoms with Crippen molar-refractivity contribution in [1.29, 1.82) is 5.26 Å². The molecule has 0 atom stereocenters. The normalized spacial score (nSPS) is 11.4. The Bertz CT molecular complexity index is 563. The van der Waals surface area contributed by atoms with Gasteiger partial charge in [0.25, 0.3) is 0 Å².